The maximum atomic E-state index is 8.79. The molecule has 0 heterocycles. The first-order valence-electron chi connectivity index (χ1n) is 4.36. The zero-order valence-corrected chi connectivity index (χ0v) is 10.0. The summed E-state index contributed by atoms with van der Waals surface area (Å²) >= 11 is 11.1. The highest BCUT2D eigenvalue weighted by Gasteiger charge is 2.02. The molecule has 0 radical (unpaired) electrons. The zero-order valence-electron chi connectivity index (χ0n) is 8.54. The molecule has 0 saturated heterocycles. The number of hydrogen-bond donors (Lipinski definition) is 0. The number of halogens is 2. The summed E-state index contributed by atoms with van der Waals surface area (Å²) in [4.78, 5) is 0. The lowest BCUT2D eigenvalue weighted by molar-refractivity contribution is 0.353. The number of nitriles is 1. The highest BCUT2D eigenvalue weighted by molar-refractivity contribution is 6.36. The molecule has 84 valence electrons. The standard InChI is InChI=1S/C11H9Cl2NO2/c1-15-10-2-8(6-14)3-11(4-10)16-7-9(13)5-12/h2-5H,7H2,1H3/b9-5-. The van der Waals surface area contributed by atoms with Crippen LogP contribution < -0.4 is 9.47 Å². The number of benzene rings is 1. The second-order valence-corrected chi connectivity index (χ2v) is 3.56. The normalized spacial score (nSPS) is 10.8. The molecule has 0 bridgehead atoms. The van der Waals surface area contributed by atoms with Crippen LogP contribution >= 0.6 is 23.2 Å². The van der Waals surface area contributed by atoms with Gasteiger partial charge in [-0.25, -0.2) is 0 Å². The molecule has 0 atom stereocenters. The maximum absolute atomic E-state index is 8.79. The molecule has 0 N–H and O–H groups in total. The van der Waals surface area contributed by atoms with E-state index in [2.05, 4.69) is 0 Å². The number of nitrogens with zero attached hydrogens (tertiary/aromatic N) is 1. The average molecular weight is 258 g/mol. The third kappa shape index (κ3) is 3.65. The minimum Gasteiger partial charge on any atom is -0.497 e. The molecule has 3 nitrogen and oxygen atoms in total. The van der Waals surface area contributed by atoms with E-state index < -0.39 is 0 Å². The Morgan fingerprint density at radius 3 is 2.69 bits per heavy atom. The summed E-state index contributed by atoms with van der Waals surface area (Å²) in [5.41, 5.74) is 1.69. The second kappa shape index (κ2) is 6.26. The van der Waals surface area contributed by atoms with Crippen LogP contribution in [0.1, 0.15) is 5.56 Å². The highest BCUT2D eigenvalue weighted by Crippen LogP contribution is 2.23. The summed E-state index contributed by atoms with van der Waals surface area (Å²) in [6, 6.07) is 6.89. The summed E-state index contributed by atoms with van der Waals surface area (Å²) in [5.74, 6) is 1.06. The Morgan fingerprint density at radius 1 is 1.44 bits per heavy atom. The lowest BCUT2D eigenvalue weighted by Crippen LogP contribution is -1.97. The molecule has 16 heavy (non-hydrogen) atoms. The van der Waals surface area contributed by atoms with Crippen molar-refractivity contribution in [3.05, 3.63) is 34.3 Å². The Labute approximate surface area is 104 Å². The lowest BCUT2D eigenvalue weighted by Gasteiger charge is -2.07. The SMILES string of the molecule is COc1cc(C#N)cc(OC/C(Cl)=C/Cl)c1. The van der Waals surface area contributed by atoms with E-state index in [4.69, 9.17) is 37.9 Å². The molecule has 0 aliphatic rings. The second-order valence-electron chi connectivity index (χ2n) is 2.85. The van der Waals surface area contributed by atoms with Crippen LogP contribution in [0.5, 0.6) is 11.5 Å². The van der Waals surface area contributed by atoms with Crippen LogP contribution in [0.4, 0.5) is 0 Å². The number of ether oxygens (including phenoxy) is 2. The first kappa shape index (κ1) is 12.7. The van der Waals surface area contributed by atoms with Crippen molar-refractivity contribution in [1.29, 1.82) is 5.26 Å². The van der Waals surface area contributed by atoms with Gasteiger partial charge in [-0.3, -0.25) is 0 Å². The molecule has 1 aromatic carbocycles. The molecule has 0 aliphatic carbocycles. The summed E-state index contributed by atoms with van der Waals surface area (Å²) < 4.78 is 10.4. The molecular formula is C11H9Cl2NO2. The van der Waals surface area contributed by atoms with Crippen molar-refractivity contribution in [2.45, 2.75) is 0 Å². The van der Waals surface area contributed by atoms with Gasteiger partial charge in [0.1, 0.15) is 18.1 Å². The fourth-order valence-corrected chi connectivity index (χ4v) is 1.14. The van der Waals surface area contributed by atoms with E-state index in [0.29, 0.717) is 22.1 Å². The van der Waals surface area contributed by atoms with E-state index in [1.807, 2.05) is 6.07 Å². The lowest BCUT2D eigenvalue weighted by atomic mass is 10.2. The molecule has 1 rings (SSSR count). The Bertz CT molecular complexity index is 438. The van der Waals surface area contributed by atoms with Crippen molar-refractivity contribution < 1.29 is 9.47 Å². The number of hydrogen-bond acceptors (Lipinski definition) is 3. The van der Waals surface area contributed by atoms with Gasteiger partial charge in [0.25, 0.3) is 0 Å². The Balaban J connectivity index is 2.84. The van der Waals surface area contributed by atoms with Crippen LogP contribution in [0, 0.1) is 11.3 Å². The van der Waals surface area contributed by atoms with Crippen LogP contribution in [0.15, 0.2) is 28.8 Å². The molecule has 0 amide bonds. The van der Waals surface area contributed by atoms with Gasteiger partial charge >= 0.3 is 0 Å². The van der Waals surface area contributed by atoms with Gasteiger partial charge in [-0.2, -0.15) is 5.26 Å². The predicted octanol–water partition coefficient (Wildman–Crippen LogP) is 3.26. The Kier molecular flexibility index (Phi) is 4.97. The highest BCUT2D eigenvalue weighted by atomic mass is 35.5. The smallest absolute Gasteiger partial charge is 0.125 e. The van der Waals surface area contributed by atoms with E-state index in [0.717, 1.165) is 0 Å². The van der Waals surface area contributed by atoms with Gasteiger partial charge < -0.3 is 9.47 Å². The summed E-state index contributed by atoms with van der Waals surface area (Å²) in [7, 11) is 1.52. The van der Waals surface area contributed by atoms with Crippen LogP contribution in [0.2, 0.25) is 0 Å². The third-order valence-electron chi connectivity index (χ3n) is 1.74. The van der Waals surface area contributed by atoms with E-state index in [9.17, 15) is 0 Å². The summed E-state index contributed by atoms with van der Waals surface area (Å²) in [6.45, 7) is 0.156. The van der Waals surface area contributed by atoms with E-state index in [1.54, 1.807) is 18.2 Å². The van der Waals surface area contributed by atoms with Gasteiger partial charge in [0, 0.05) is 11.6 Å². The van der Waals surface area contributed by atoms with Gasteiger partial charge in [-0.1, -0.05) is 23.2 Å². The van der Waals surface area contributed by atoms with Gasteiger partial charge in [-0.15, -0.1) is 0 Å². The number of rotatable bonds is 4. The van der Waals surface area contributed by atoms with Crippen molar-refractivity contribution in [2.75, 3.05) is 13.7 Å². The third-order valence-corrected chi connectivity index (χ3v) is 2.33. The van der Waals surface area contributed by atoms with E-state index >= 15 is 0 Å². The topological polar surface area (TPSA) is 42.2 Å². The van der Waals surface area contributed by atoms with Crippen molar-refractivity contribution in [3.8, 4) is 17.6 Å². The molecule has 0 aliphatic heterocycles. The van der Waals surface area contributed by atoms with Crippen molar-refractivity contribution in [2.24, 2.45) is 0 Å². The molecule has 0 fully saturated rings. The van der Waals surface area contributed by atoms with Crippen LogP contribution in [-0.2, 0) is 0 Å². The summed E-state index contributed by atoms with van der Waals surface area (Å²) in [5, 5.41) is 9.16. The van der Waals surface area contributed by atoms with Crippen molar-refractivity contribution in [3.63, 3.8) is 0 Å². The first-order chi connectivity index (χ1) is 7.69. The Hall–Kier alpha value is -1.37. The molecule has 0 unspecified atom stereocenters. The largest absolute Gasteiger partial charge is 0.497 e. The molecule has 0 aromatic heterocycles. The van der Waals surface area contributed by atoms with Gasteiger partial charge in [0.2, 0.25) is 0 Å². The molecule has 0 saturated carbocycles. The monoisotopic (exact) mass is 257 g/mol. The van der Waals surface area contributed by atoms with E-state index in [1.165, 1.54) is 12.6 Å². The fourth-order valence-electron chi connectivity index (χ4n) is 1.02. The van der Waals surface area contributed by atoms with Crippen LogP contribution in [-0.4, -0.2) is 13.7 Å². The molecule has 0 spiro atoms. The van der Waals surface area contributed by atoms with Crippen molar-refractivity contribution in [1.82, 2.24) is 0 Å². The quantitative estimate of drug-likeness (QED) is 0.832. The minimum atomic E-state index is 0.156. The first-order valence-corrected chi connectivity index (χ1v) is 5.17. The van der Waals surface area contributed by atoms with Gasteiger partial charge in [-0.05, 0) is 12.1 Å². The van der Waals surface area contributed by atoms with E-state index in [-0.39, 0.29) is 6.61 Å². The van der Waals surface area contributed by atoms with Crippen LogP contribution in [0.25, 0.3) is 0 Å². The van der Waals surface area contributed by atoms with Gasteiger partial charge in [0.15, 0.2) is 0 Å². The molecule has 1 aromatic rings. The van der Waals surface area contributed by atoms with Crippen molar-refractivity contribution >= 4 is 23.2 Å². The van der Waals surface area contributed by atoms with Gasteiger partial charge in [0.05, 0.1) is 23.8 Å². The fraction of sp³-hybridized carbons (Fsp3) is 0.182. The molecular weight excluding hydrogens is 249 g/mol. The molecule has 5 heteroatoms. The van der Waals surface area contributed by atoms with Crippen LogP contribution in [0.3, 0.4) is 0 Å². The minimum absolute atomic E-state index is 0.156. The summed E-state index contributed by atoms with van der Waals surface area (Å²) in [6.07, 6.45) is 0. The number of methoxy groups -OCH3 is 1. The maximum Gasteiger partial charge on any atom is 0.125 e. The predicted molar refractivity (Wildman–Crippen MR) is 63.0 cm³/mol. The average Bonchev–Trinajstić information content (AvgIpc) is 2.35. The Morgan fingerprint density at radius 2 is 2.12 bits per heavy atom. The zero-order chi connectivity index (χ0) is 12.0.